The molecule has 0 saturated carbocycles. The lowest BCUT2D eigenvalue weighted by molar-refractivity contribution is 0.0916. The summed E-state index contributed by atoms with van der Waals surface area (Å²) in [5, 5.41) is 3.07. The standard InChI is InChI=1S/C19H30N2O3/c1-6-19(9-10-21(7-2)8-3)13-20-18(22)14-11-16(23-4)17(24-5)12-15(14)19/h11-12H,6-10,13H2,1-5H3,(H,20,22). The Hall–Kier alpha value is -1.75. The van der Waals surface area contributed by atoms with Gasteiger partial charge in [0.25, 0.3) is 5.91 Å². The molecule has 1 amide bonds. The van der Waals surface area contributed by atoms with Gasteiger partial charge in [-0.1, -0.05) is 20.8 Å². The van der Waals surface area contributed by atoms with E-state index in [-0.39, 0.29) is 11.3 Å². The number of nitrogens with one attached hydrogen (secondary N) is 1. The highest BCUT2D eigenvalue weighted by molar-refractivity contribution is 5.98. The highest BCUT2D eigenvalue weighted by Gasteiger charge is 2.39. The Morgan fingerprint density at radius 3 is 2.29 bits per heavy atom. The highest BCUT2D eigenvalue weighted by atomic mass is 16.5. The normalized spacial score (nSPS) is 19.8. The van der Waals surface area contributed by atoms with E-state index in [0.29, 0.717) is 23.6 Å². The molecule has 1 aromatic rings. The van der Waals surface area contributed by atoms with Gasteiger partial charge in [-0.2, -0.15) is 0 Å². The van der Waals surface area contributed by atoms with Gasteiger partial charge in [-0.15, -0.1) is 0 Å². The molecule has 1 N–H and O–H groups in total. The first-order valence-corrected chi connectivity index (χ1v) is 8.82. The van der Waals surface area contributed by atoms with Crippen LogP contribution in [-0.2, 0) is 5.41 Å². The number of nitrogens with zero attached hydrogens (tertiary/aromatic N) is 1. The number of fused-ring (bicyclic) bond motifs is 1. The molecule has 2 rings (SSSR count). The maximum Gasteiger partial charge on any atom is 0.251 e. The van der Waals surface area contributed by atoms with Crippen molar-refractivity contribution in [1.82, 2.24) is 10.2 Å². The zero-order valence-corrected chi connectivity index (χ0v) is 15.6. The minimum Gasteiger partial charge on any atom is -0.493 e. The van der Waals surface area contributed by atoms with Crippen molar-refractivity contribution in [3.63, 3.8) is 0 Å². The molecule has 1 atom stereocenters. The molecular weight excluding hydrogens is 304 g/mol. The maximum absolute atomic E-state index is 12.4. The van der Waals surface area contributed by atoms with Crippen LogP contribution < -0.4 is 14.8 Å². The second-order valence-electron chi connectivity index (χ2n) is 6.35. The zero-order valence-electron chi connectivity index (χ0n) is 15.6. The number of ether oxygens (including phenoxy) is 2. The first kappa shape index (κ1) is 18.6. The van der Waals surface area contributed by atoms with E-state index in [1.807, 2.05) is 12.1 Å². The Bertz CT molecular complexity index is 584. The molecule has 5 nitrogen and oxygen atoms in total. The molecule has 1 heterocycles. The quantitative estimate of drug-likeness (QED) is 0.794. The third kappa shape index (κ3) is 3.36. The van der Waals surface area contributed by atoms with Gasteiger partial charge < -0.3 is 19.7 Å². The summed E-state index contributed by atoms with van der Waals surface area (Å²) in [7, 11) is 3.23. The van der Waals surface area contributed by atoms with Crippen molar-refractivity contribution in [3.8, 4) is 11.5 Å². The summed E-state index contributed by atoms with van der Waals surface area (Å²) in [4.78, 5) is 14.8. The second kappa shape index (κ2) is 7.88. The lowest BCUT2D eigenvalue weighted by Crippen LogP contribution is -2.48. The predicted molar refractivity (Wildman–Crippen MR) is 96.3 cm³/mol. The van der Waals surface area contributed by atoms with Gasteiger partial charge in [0.15, 0.2) is 11.5 Å². The summed E-state index contributed by atoms with van der Waals surface area (Å²) in [5.74, 6) is 1.26. The smallest absolute Gasteiger partial charge is 0.251 e. The fourth-order valence-corrected chi connectivity index (χ4v) is 3.57. The molecule has 134 valence electrons. The molecule has 1 aromatic carbocycles. The van der Waals surface area contributed by atoms with E-state index in [4.69, 9.17) is 9.47 Å². The predicted octanol–water partition coefficient (Wildman–Crippen LogP) is 2.83. The van der Waals surface area contributed by atoms with Crippen LogP contribution >= 0.6 is 0 Å². The Morgan fingerprint density at radius 1 is 1.12 bits per heavy atom. The minimum absolute atomic E-state index is 0.0298. The Kier molecular flexibility index (Phi) is 6.10. The molecule has 0 aromatic heterocycles. The molecule has 5 heteroatoms. The van der Waals surface area contributed by atoms with Crippen LogP contribution in [0.3, 0.4) is 0 Å². The second-order valence-corrected chi connectivity index (χ2v) is 6.35. The first-order chi connectivity index (χ1) is 11.5. The van der Waals surface area contributed by atoms with E-state index in [0.717, 1.165) is 38.0 Å². The van der Waals surface area contributed by atoms with Crippen LogP contribution in [0, 0.1) is 0 Å². The van der Waals surface area contributed by atoms with Crippen LogP contribution in [0.4, 0.5) is 0 Å². The minimum atomic E-state index is -0.0641. The molecular formula is C19H30N2O3. The van der Waals surface area contributed by atoms with E-state index < -0.39 is 0 Å². The number of hydrogen-bond donors (Lipinski definition) is 1. The number of methoxy groups -OCH3 is 2. The Labute approximate surface area is 145 Å². The van der Waals surface area contributed by atoms with E-state index in [2.05, 4.69) is 31.0 Å². The van der Waals surface area contributed by atoms with Crippen LogP contribution in [0.1, 0.15) is 49.5 Å². The summed E-state index contributed by atoms with van der Waals surface area (Å²) < 4.78 is 10.8. The molecule has 0 radical (unpaired) electrons. The largest absolute Gasteiger partial charge is 0.493 e. The topological polar surface area (TPSA) is 50.8 Å². The van der Waals surface area contributed by atoms with Gasteiger partial charge >= 0.3 is 0 Å². The summed E-state index contributed by atoms with van der Waals surface area (Å²) in [6.07, 6.45) is 1.98. The van der Waals surface area contributed by atoms with E-state index in [1.54, 1.807) is 14.2 Å². The van der Waals surface area contributed by atoms with Crippen LogP contribution in [0.5, 0.6) is 11.5 Å². The lowest BCUT2D eigenvalue weighted by Gasteiger charge is -2.40. The number of benzene rings is 1. The van der Waals surface area contributed by atoms with Crippen LogP contribution in [0.25, 0.3) is 0 Å². The van der Waals surface area contributed by atoms with Gasteiger partial charge in [-0.25, -0.2) is 0 Å². The summed E-state index contributed by atoms with van der Waals surface area (Å²) >= 11 is 0. The summed E-state index contributed by atoms with van der Waals surface area (Å²) in [6.45, 7) is 10.3. The van der Waals surface area contributed by atoms with Gasteiger partial charge in [-0.3, -0.25) is 4.79 Å². The molecule has 1 aliphatic heterocycles. The maximum atomic E-state index is 12.4. The molecule has 0 spiro atoms. The monoisotopic (exact) mass is 334 g/mol. The molecule has 0 bridgehead atoms. The third-order valence-corrected chi connectivity index (χ3v) is 5.40. The van der Waals surface area contributed by atoms with E-state index >= 15 is 0 Å². The molecule has 0 saturated heterocycles. The summed E-state index contributed by atoms with van der Waals surface area (Å²) in [6, 6.07) is 3.81. The average Bonchev–Trinajstić information content (AvgIpc) is 2.63. The molecule has 1 unspecified atom stereocenters. The third-order valence-electron chi connectivity index (χ3n) is 5.40. The molecule has 0 aliphatic carbocycles. The fraction of sp³-hybridized carbons (Fsp3) is 0.632. The van der Waals surface area contributed by atoms with Crippen molar-refractivity contribution in [3.05, 3.63) is 23.3 Å². The highest BCUT2D eigenvalue weighted by Crippen LogP contribution is 2.41. The van der Waals surface area contributed by atoms with E-state index in [9.17, 15) is 4.79 Å². The Morgan fingerprint density at radius 2 is 1.75 bits per heavy atom. The van der Waals surface area contributed by atoms with Gasteiger partial charge in [0.05, 0.1) is 14.2 Å². The lowest BCUT2D eigenvalue weighted by atomic mass is 9.71. The van der Waals surface area contributed by atoms with Gasteiger partial charge in [0.1, 0.15) is 0 Å². The SMILES string of the molecule is CCN(CC)CCC1(CC)CNC(=O)c2cc(OC)c(OC)cc21. The van der Waals surface area contributed by atoms with Crippen molar-refractivity contribution >= 4 is 5.91 Å². The first-order valence-electron chi connectivity index (χ1n) is 8.82. The number of hydrogen-bond acceptors (Lipinski definition) is 4. The van der Waals surface area contributed by atoms with Crippen LogP contribution in [-0.4, -0.2) is 51.2 Å². The number of rotatable bonds is 8. The summed E-state index contributed by atoms with van der Waals surface area (Å²) in [5.41, 5.74) is 1.73. The van der Waals surface area contributed by atoms with Crippen LogP contribution in [0.2, 0.25) is 0 Å². The Balaban J connectivity index is 2.45. The van der Waals surface area contributed by atoms with Crippen molar-refractivity contribution in [2.24, 2.45) is 0 Å². The zero-order chi connectivity index (χ0) is 17.7. The fourth-order valence-electron chi connectivity index (χ4n) is 3.57. The molecule has 0 fully saturated rings. The van der Waals surface area contributed by atoms with Gasteiger partial charge in [0, 0.05) is 17.5 Å². The van der Waals surface area contributed by atoms with Gasteiger partial charge in [0.2, 0.25) is 0 Å². The van der Waals surface area contributed by atoms with Crippen molar-refractivity contribution in [2.45, 2.75) is 39.0 Å². The van der Waals surface area contributed by atoms with Crippen LogP contribution in [0.15, 0.2) is 12.1 Å². The molecule has 1 aliphatic rings. The number of carbonyl (C=O) groups is 1. The van der Waals surface area contributed by atoms with Crippen molar-refractivity contribution in [1.29, 1.82) is 0 Å². The molecule has 24 heavy (non-hydrogen) atoms. The van der Waals surface area contributed by atoms with Crippen molar-refractivity contribution < 1.29 is 14.3 Å². The van der Waals surface area contributed by atoms with E-state index in [1.165, 1.54) is 0 Å². The van der Waals surface area contributed by atoms with Gasteiger partial charge in [-0.05, 0) is 50.2 Å². The van der Waals surface area contributed by atoms with Crippen molar-refractivity contribution in [2.75, 3.05) is 40.4 Å². The number of carbonyl (C=O) groups excluding carboxylic acids is 1. The average molecular weight is 334 g/mol. The number of amides is 1.